The Balaban J connectivity index is 2.76. The summed E-state index contributed by atoms with van der Waals surface area (Å²) in [6.45, 7) is 12.1. The molecule has 0 fully saturated rings. The fraction of sp³-hybridized carbons (Fsp3) is 0.625. The maximum absolute atomic E-state index is 6.09. The Bertz CT molecular complexity index is 423. The number of nitrogens with one attached hydrogen (secondary N) is 1. The van der Waals surface area contributed by atoms with Crippen LogP contribution in [0.15, 0.2) is 18.2 Å². The van der Waals surface area contributed by atoms with Gasteiger partial charge in [-0.1, -0.05) is 43.1 Å². The van der Waals surface area contributed by atoms with Crippen LogP contribution >= 0.6 is 23.2 Å². The van der Waals surface area contributed by atoms with Gasteiger partial charge in [0.1, 0.15) is 0 Å². The van der Waals surface area contributed by atoms with Gasteiger partial charge in [0.25, 0.3) is 0 Å². The molecule has 0 amide bonds. The first-order valence-electron chi connectivity index (χ1n) is 6.84. The van der Waals surface area contributed by atoms with Gasteiger partial charge in [0.2, 0.25) is 0 Å². The van der Waals surface area contributed by atoms with Gasteiger partial charge in [-0.05, 0) is 56.7 Å². The van der Waals surface area contributed by atoms with Crippen molar-refractivity contribution in [2.45, 2.75) is 53.0 Å². The third-order valence-corrected chi connectivity index (χ3v) is 4.25. The normalized spacial score (nSPS) is 15.3. The van der Waals surface area contributed by atoms with Gasteiger partial charge in [-0.3, -0.25) is 0 Å². The molecule has 0 aliphatic rings. The molecule has 1 N–H and O–H groups in total. The van der Waals surface area contributed by atoms with Crippen molar-refractivity contribution in [1.82, 2.24) is 5.32 Å². The first kappa shape index (κ1) is 16.8. The molecule has 0 heterocycles. The van der Waals surface area contributed by atoms with E-state index in [1.165, 1.54) is 5.56 Å². The van der Waals surface area contributed by atoms with E-state index < -0.39 is 0 Å². The average molecular weight is 302 g/mol. The zero-order chi connectivity index (χ0) is 14.7. The van der Waals surface area contributed by atoms with Gasteiger partial charge in [0.15, 0.2) is 0 Å². The predicted octanol–water partition coefficient (Wildman–Crippen LogP) is 5.34. The molecule has 1 unspecified atom stereocenters. The maximum atomic E-state index is 6.09. The van der Waals surface area contributed by atoms with E-state index in [4.69, 9.17) is 23.2 Å². The van der Waals surface area contributed by atoms with Crippen molar-refractivity contribution in [2.24, 2.45) is 5.41 Å². The highest BCUT2D eigenvalue weighted by atomic mass is 35.5. The Kier molecular flexibility index (Phi) is 5.73. The molecule has 0 aromatic heterocycles. The zero-order valence-electron chi connectivity index (χ0n) is 12.6. The molecule has 3 heteroatoms. The van der Waals surface area contributed by atoms with Gasteiger partial charge in [-0.15, -0.1) is 0 Å². The lowest BCUT2D eigenvalue weighted by atomic mass is 9.80. The topological polar surface area (TPSA) is 12.0 Å². The minimum Gasteiger partial charge on any atom is -0.312 e. The van der Waals surface area contributed by atoms with E-state index in [1.54, 1.807) is 0 Å². The zero-order valence-corrected chi connectivity index (χ0v) is 14.1. The molecule has 1 aromatic carbocycles. The summed E-state index contributed by atoms with van der Waals surface area (Å²) in [6, 6.07) is 5.93. The van der Waals surface area contributed by atoms with Crippen LogP contribution in [0.25, 0.3) is 0 Å². The van der Waals surface area contributed by atoms with Crippen molar-refractivity contribution in [3.05, 3.63) is 33.8 Å². The molecule has 0 saturated heterocycles. The van der Waals surface area contributed by atoms with Crippen LogP contribution in [0.2, 0.25) is 10.0 Å². The van der Waals surface area contributed by atoms with E-state index in [0.29, 0.717) is 10.0 Å². The summed E-state index contributed by atoms with van der Waals surface area (Å²) in [6.07, 6.45) is 2.12. The molecule has 0 bridgehead atoms. The second-order valence-electron chi connectivity index (χ2n) is 6.69. The van der Waals surface area contributed by atoms with Crippen molar-refractivity contribution >= 4 is 23.2 Å². The van der Waals surface area contributed by atoms with Crippen LogP contribution < -0.4 is 5.32 Å². The van der Waals surface area contributed by atoms with Gasteiger partial charge in [0.05, 0.1) is 10.0 Å². The summed E-state index contributed by atoms with van der Waals surface area (Å²) in [5, 5.41) is 4.86. The van der Waals surface area contributed by atoms with E-state index in [-0.39, 0.29) is 11.0 Å². The van der Waals surface area contributed by atoms with Crippen LogP contribution in [0.5, 0.6) is 0 Å². The number of halogens is 2. The Morgan fingerprint density at radius 1 is 1.05 bits per heavy atom. The fourth-order valence-corrected chi connectivity index (χ4v) is 2.25. The molecule has 19 heavy (non-hydrogen) atoms. The van der Waals surface area contributed by atoms with Crippen molar-refractivity contribution in [3.8, 4) is 0 Å². The van der Waals surface area contributed by atoms with Crippen molar-refractivity contribution in [3.63, 3.8) is 0 Å². The van der Waals surface area contributed by atoms with Crippen LogP contribution in [0.4, 0.5) is 0 Å². The molecule has 0 spiro atoms. The first-order valence-corrected chi connectivity index (χ1v) is 7.60. The molecule has 1 rings (SSSR count). The number of hydrogen-bond acceptors (Lipinski definition) is 1. The predicted molar refractivity (Wildman–Crippen MR) is 86.3 cm³/mol. The quantitative estimate of drug-likeness (QED) is 0.774. The van der Waals surface area contributed by atoms with Crippen LogP contribution in [0, 0.1) is 5.41 Å². The Morgan fingerprint density at radius 2 is 1.68 bits per heavy atom. The van der Waals surface area contributed by atoms with E-state index in [9.17, 15) is 0 Å². The highest BCUT2D eigenvalue weighted by molar-refractivity contribution is 6.42. The van der Waals surface area contributed by atoms with Crippen LogP contribution in [-0.4, -0.2) is 12.1 Å². The van der Waals surface area contributed by atoms with Crippen molar-refractivity contribution in [1.29, 1.82) is 0 Å². The van der Waals surface area contributed by atoms with E-state index in [0.717, 1.165) is 19.4 Å². The number of benzene rings is 1. The van der Waals surface area contributed by atoms with Gasteiger partial charge >= 0.3 is 0 Å². The highest BCUT2D eigenvalue weighted by Crippen LogP contribution is 2.30. The van der Waals surface area contributed by atoms with E-state index >= 15 is 0 Å². The van der Waals surface area contributed by atoms with E-state index in [1.807, 2.05) is 12.1 Å². The minimum atomic E-state index is 0.147. The van der Waals surface area contributed by atoms with Gasteiger partial charge < -0.3 is 5.32 Å². The summed E-state index contributed by atoms with van der Waals surface area (Å²) < 4.78 is 0. The molecular weight excluding hydrogens is 277 g/mol. The molecule has 1 nitrogen and oxygen atoms in total. The summed E-state index contributed by atoms with van der Waals surface area (Å²) in [4.78, 5) is 0. The maximum Gasteiger partial charge on any atom is 0.0595 e. The average Bonchev–Trinajstić information content (AvgIpc) is 2.31. The van der Waals surface area contributed by atoms with Crippen LogP contribution in [-0.2, 0) is 6.42 Å². The molecule has 0 aliphatic heterocycles. The van der Waals surface area contributed by atoms with Gasteiger partial charge in [-0.25, -0.2) is 0 Å². The largest absolute Gasteiger partial charge is 0.312 e. The molecule has 0 aliphatic carbocycles. The monoisotopic (exact) mass is 301 g/mol. The lowest BCUT2D eigenvalue weighted by Gasteiger charge is -2.33. The Morgan fingerprint density at radius 3 is 2.16 bits per heavy atom. The second kappa shape index (κ2) is 6.47. The Labute approximate surface area is 127 Å². The molecule has 0 saturated carbocycles. The molecule has 0 radical (unpaired) electrons. The Hall–Kier alpha value is -0.240. The third-order valence-electron chi connectivity index (χ3n) is 3.51. The smallest absolute Gasteiger partial charge is 0.0595 e. The molecule has 1 aromatic rings. The van der Waals surface area contributed by atoms with Crippen LogP contribution in [0.1, 0.15) is 46.6 Å². The summed E-state index contributed by atoms with van der Waals surface area (Å²) >= 11 is 12.1. The van der Waals surface area contributed by atoms with Crippen LogP contribution in [0.3, 0.4) is 0 Å². The van der Waals surface area contributed by atoms with Crippen molar-refractivity contribution < 1.29 is 0 Å². The first-order chi connectivity index (χ1) is 8.65. The standard InChI is InChI=1S/C16H25Cl2N/c1-6-16(5,11-19-15(2,3)4)10-12-7-8-13(17)14(18)9-12/h7-9,19H,6,10-11H2,1-5H3. The molecule has 108 valence electrons. The second-order valence-corrected chi connectivity index (χ2v) is 7.51. The SMILES string of the molecule is CCC(C)(CNC(C)(C)C)Cc1ccc(Cl)c(Cl)c1. The lowest BCUT2D eigenvalue weighted by molar-refractivity contribution is 0.255. The van der Waals surface area contributed by atoms with E-state index in [2.05, 4.69) is 46.0 Å². The summed E-state index contributed by atoms with van der Waals surface area (Å²) in [5.41, 5.74) is 1.62. The summed E-state index contributed by atoms with van der Waals surface area (Å²) in [7, 11) is 0. The summed E-state index contributed by atoms with van der Waals surface area (Å²) in [5.74, 6) is 0. The number of hydrogen-bond donors (Lipinski definition) is 1. The lowest BCUT2D eigenvalue weighted by Crippen LogP contribution is -2.43. The highest BCUT2D eigenvalue weighted by Gasteiger charge is 2.24. The number of rotatable bonds is 5. The minimum absolute atomic E-state index is 0.147. The molecule has 1 atom stereocenters. The van der Waals surface area contributed by atoms with Gasteiger partial charge in [-0.2, -0.15) is 0 Å². The fourth-order valence-electron chi connectivity index (χ4n) is 1.93. The molecular formula is C16H25Cl2N. The third kappa shape index (κ3) is 5.72. The van der Waals surface area contributed by atoms with Crippen molar-refractivity contribution in [2.75, 3.05) is 6.54 Å². The van der Waals surface area contributed by atoms with Gasteiger partial charge in [0, 0.05) is 12.1 Å².